The smallest absolute Gasteiger partial charge is 0.340 e. The first-order valence-corrected chi connectivity index (χ1v) is 6.51. The van der Waals surface area contributed by atoms with E-state index in [1.807, 2.05) is 0 Å². The molecule has 1 aliphatic rings. The molecule has 0 saturated carbocycles. The number of methoxy groups -OCH3 is 1. The number of anilines is 1. The number of halogens is 2. The molecule has 23 heavy (non-hydrogen) atoms. The maximum atomic E-state index is 14.3. The SMILES string of the molecule is COC(=O)c1ccc(N2C(=O)c3ccccc3C2=O)c(F)c1F. The van der Waals surface area contributed by atoms with Crippen LogP contribution in [0.25, 0.3) is 0 Å². The van der Waals surface area contributed by atoms with Crippen molar-refractivity contribution in [1.29, 1.82) is 0 Å². The number of esters is 1. The number of amides is 2. The molecule has 1 heterocycles. The van der Waals surface area contributed by atoms with E-state index in [0.29, 0.717) is 4.90 Å². The highest BCUT2D eigenvalue weighted by Crippen LogP contribution is 2.32. The van der Waals surface area contributed by atoms with E-state index >= 15 is 0 Å². The number of nitrogens with zero attached hydrogens (tertiary/aromatic N) is 1. The Morgan fingerprint density at radius 3 is 2.04 bits per heavy atom. The van der Waals surface area contributed by atoms with Crippen LogP contribution in [0.5, 0.6) is 0 Å². The predicted molar refractivity (Wildman–Crippen MR) is 75.3 cm³/mol. The number of carbonyl (C=O) groups is 3. The van der Waals surface area contributed by atoms with Gasteiger partial charge in [-0.3, -0.25) is 9.59 Å². The van der Waals surface area contributed by atoms with Crippen molar-refractivity contribution in [1.82, 2.24) is 0 Å². The summed E-state index contributed by atoms with van der Waals surface area (Å²) in [5.74, 6) is -5.52. The van der Waals surface area contributed by atoms with Gasteiger partial charge in [-0.05, 0) is 24.3 Å². The molecule has 0 aliphatic carbocycles. The Kier molecular flexibility index (Phi) is 3.40. The fourth-order valence-corrected chi connectivity index (χ4v) is 2.39. The van der Waals surface area contributed by atoms with Gasteiger partial charge in [-0.25, -0.2) is 18.5 Å². The van der Waals surface area contributed by atoms with Gasteiger partial charge in [-0.15, -0.1) is 0 Å². The van der Waals surface area contributed by atoms with Gasteiger partial charge in [0, 0.05) is 0 Å². The molecule has 0 bridgehead atoms. The Balaban J connectivity index is 2.11. The van der Waals surface area contributed by atoms with E-state index in [-0.39, 0.29) is 11.1 Å². The van der Waals surface area contributed by atoms with Crippen molar-refractivity contribution in [3.05, 3.63) is 64.7 Å². The van der Waals surface area contributed by atoms with Gasteiger partial charge in [0.2, 0.25) is 0 Å². The fraction of sp³-hybridized carbons (Fsp3) is 0.0625. The normalized spacial score (nSPS) is 13.3. The third kappa shape index (κ3) is 2.09. The number of imide groups is 1. The van der Waals surface area contributed by atoms with E-state index in [1.54, 1.807) is 12.1 Å². The van der Waals surface area contributed by atoms with Gasteiger partial charge >= 0.3 is 5.97 Å². The number of rotatable bonds is 2. The molecule has 0 unspecified atom stereocenters. The van der Waals surface area contributed by atoms with Gasteiger partial charge in [-0.1, -0.05) is 12.1 Å². The minimum Gasteiger partial charge on any atom is -0.465 e. The first kappa shape index (κ1) is 14.8. The third-order valence-electron chi connectivity index (χ3n) is 3.50. The van der Waals surface area contributed by atoms with E-state index < -0.39 is 40.7 Å². The second-order valence-electron chi connectivity index (χ2n) is 4.74. The quantitative estimate of drug-likeness (QED) is 0.631. The highest BCUT2D eigenvalue weighted by Gasteiger charge is 2.38. The summed E-state index contributed by atoms with van der Waals surface area (Å²) >= 11 is 0. The zero-order chi connectivity index (χ0) is 16.7. The highest BCUT2D eigenvalue weighted by molar-refractivity contribution is 6.34. The zero-order valence-corrected chi connectivity index (χ0v) is 11.8. The molecule has 116 valence electrons. The molecule has 0 fully saturated rings. The van der Waals surface area contributed by atoms with E-state index in [4.69, 9.17) is 0 Å². The van der Waals surface area contributed by atoms with Gasteiger partial charge < -0.3 is 4.74 Å². The largest absolute Gasteiger partial charge is 0.465 e. The van der Waals surface area contributed by atoms with Crippen LogP contribution in [0.2, 0.25) is 0 Å². The second-order valence-corrected chi connectivity index (χ2v) is 4.74. The molecule has 0 saturated heterocycles. The molecule has 0 spiro atoms. The van der Waals surface area contributed by atoms with Crippen molar-refractivity contribution in [2.75, 3.05) is 12.0 Å². The number of hydrogen-bond acceptors (Lipinski definition) is 4. The predicted octanol–water partition coefficient (Wildman–Crippen LogP) is 2.55. The molecular weight excluding hydrogens is 308 g/mol. The summed E-state index contributed by atoms with van der Waals surface area (Å²) in [6.45, 7) is 0. The first-order valence-electron chi connectivity index (χ1n) is 6.51. The van der Waals surface area contributed by atoms with E-state index in [2.05, 4.69) is 4.74 Å². The lowest BCUT2D eigenvalue weighted by Gasteiger charge is -2.15. The standard InChI is InChI=1S/C16H9F2NO4/c1-23-16(22)10-6-7-11(13(18)12(10)17)19-14(20)8-4-2-3-5-9(8)15(19)21/h2-7H,1H3. The number of benzene rings is 2. The Morgan fingerprint density at radius 1 is 0.957 bits per heavy atom. The van der Waals surface area contributed by atoms with Crippen LogP contribution in [0.3, 0.4) is 0 Å². The summed E-state index contributed by atoms with van der Waals surface area (Å²) in [5.41, 5.74) is -0.963. The summed E-state index contributed by atoms with van der Waals surface area (Å²) in [5, 5.41) is 0. The Labute approximate surface area is 129 Å². The van der Waals surface area contributed by atoms with Gasteiger partial charge in [0.25, 0.3) is 11.8 Å². The monoisotopic (exact) mass is 317 g/mol. The third-order valence-corrected chi connectivity index (χ3v) is 3.50. The Hall–Kier alpha value is -3.09. The van der Waals surface area contributed by atoms with Crippen molar-refractivity contribution < 1.29 is 27.9 Å². The number of hydrogen-bond donors (Lipinski definition) is 0. The number of fused-ring (bicyclic) bond motifs is 1. The minimum absolute atomic E-state index is 0.106. The van der Waals surface area contributed by atoms with Crippen molar-refractivity contribution in [2.24, 2.45) is 0 Å². The van der Waals surface area contributed by atoms with Crippen molar-refractivity contribution in [3.8, 4) is 0 Å². The first-order chi connectivity index (χ1) is 11.0. The molecule has 0 radical (unpaired) electrons. The summed E-state index contributed by atoms with van der Waals surface area (Å²) in [6, 6.07) is 7.92. The van der Waals surface area contributed by atoms with Crippen LogP contribution >= 0.6 is 0 Å². The lowest BCUT2D eigenvalue weighted by atomic mass is 10.1. The lowest BCUT2D eigenvalue weighted by Crippen LogP contribution is -2.30. The van der Waals surface area contributed by atoms with Crippen molar-refractivity contribution in [2.45, 2.75) is 0 Å². The molecule has 5 nitrogen and oxygen atoms in total. The van der Waals surface area contributed by atoms with Crippen LogP contribution in [0.15, 0.2) is 36.4 Å². The molecule has 2 aromatic carbocycles. The van der Waals surface area contributed by atoms with Crippen molar-refractivity contribution >= 4 is 23.5 Å². The molecule has 2 aromatic rings. The van der Waals surface area contributed by atoms with Gasteiger partial charge in [0.15, 0.2) is 11.6 Å². The molecular formula is C16H9F2NO4. The van der Waals surface area contributed by atoms with Crippen LogP contribution in [-0.4, -0.2) is 24.9 Å². The number of carbonyl (C=O) groups excluding carboxylic acids is 3. The van der Waals surface area contributed by atoms with E-state index in [0.717, 1.165) is 19.2 Å². The average Bonchev–Trinajstić information content (AvgIpc) is 2.81. The van der Waals surface area contributed by atoms with Crippen LogP contribution in [0, 0.1) is 11.6 Å². The van der Waals surface area contributed by atoms with Gasteiger partial charge in [0.1, 0.15) is 0 Å². The van der Waals surface area contributed by atoms with Crippen LogP contribution in [0.1, 0.15) is 31.1 Å². The Morgan fingerprint density at radius 2 is 1.52 bits per heavy atom. The zero-order valence-electron chi connectivity index (χ0n) is 11.8. The van der Waals surface area contributed by atoms with Crippen molar-refractivity contribution in [3.63, 3.8) is 0 Å². The van der Waals surface area contributed by atoms with E-state index in [1.165, 1.54) is 12.1 Å². The summed E-state index contributed by atoms with van der Waals surface area (Å²) in [4.78, 5) is 36.4. The van der Waals surface area contributed by atoms with Crippen LogP contribution in [-0.2, 0) is 4.74 Å². The van der Waals surface area contributed by atoms with Crippen LogP contribution in [0.4, 0.5) is 14.5 Å². The second kappa shape index (κ2) is 5.28. The Bertz CT molecular complexity index is 828. The van der Waals surface area contributed by atoms with E-state index in [9.17, 15) is 23.2 Å². The molecule has 0 atom stereocenters. The fourth-order valence-electron chi connectivity index (χ4n) is 2.39. The number of ether oxygens (including phenoxy) is 1. The summed E-state index contributed by atoms with van der Waals surface area (Å²) in [7, 11) is 1.03. The summed E-state index contributed by atoms with van der Waals surface area (Å²) < 4.78 is 32.6. The maximum absolute atomic E-state index is 14.3. The topological polar surface area (TPSA) is 63.7 Å². The highest BCUT2D eigenvalue weighted by atomic mass is 19.2. The molecule has 3 rings (SSSR count). The molecule has 2 amide bonds. The maximum Gasteiger partial charge on any atom is 0.340 e. The minimum atomic E-state index is -1.48. The lowest BCUT2D eigenvalue weighted by molar-refractivity contribution is 0.0594. The molecule has 7 heteroatoms. The summed E-state index contributed by atoms with van der Waals surface area (Å²) in [6.07, 6.45) is 0. The molecule has 0 aromatic heterocycles. The molecule has 1 aliphatic heterocycles. The van der Waals surface area contributed by atoms with Gasteiger partial charge in [-0.2, -0.15) is 0 Å². The average molecular weight is 317 g/mol. The molecule has 0 N–H and O–H groups in total. The van der Waals surface area contributed by atoms with Gasteiger partial charge in [0.05, 0.1) is 29.5 Å². The van der Waals surface area contributed by atoms with Crippen LogP contribution < -0.4 is 4.90 Å².